The van der Waals surface area contributed by atoms with Crippen LogP contribution in [0.25, 0.3) is 0 Å². The molecule has 0 bridgehead atoms. The SMILES string of the molecule is Cc1ccc(C(N)c2cc(Cl)cc(Cl)c2)cc1. The van der Waals surface area contributed by atoms with Crippen molar-refractivity contribution >= 4 is 23.2 Å². The maximum absolute atomic E-state index is 6.19. The van der Waals surface area contributed by atoms with Crippen LogP contribution in [-0.2, 0) is 0 Å². The molecule has 2 N–H and O–H groups in total. The van der Waals surface area contributed by atoms with Crippen LogP contribution in [0.3, 0.4) is 0 Å². The van der Waals surface area contributed by atoms with Crippen LogP contribution in [0.4, 0.5) is 0 Å². The molecule has 0 aliphatic heterocycles. The summed E-state index contributed by atoms with van der Waals surface area (Å²) in [5, 5.41) is 1.21. The number of halogens is 2. The average Bonchev–Trinajstić information content (AvgIpc) is 2.28. The van der Waals surface area contributed by atoms with E-state index >= 15 is 0 Å². The van der Waals surface area contributed by atoms with Crippen molar-refractivity contribution < 1.29 is 0 Å². The standard InChI is InChI=1S/C14H13Cl2N/c1-9-2-4-10(5-3-9)14(17)11-6-12(15)8-13(16)7-11/h2-8,14H,17H2,1H3. The van der Waals surface area contributed by atoms with Crippen LogP contribution in [0.15, 0.2) is 42.5 Å². The molecule has 0 saturated carbocycles. The predicted molar refractivity (Wildman–Crippen MR) is 73.7 cm³/mol. The van der Waals surface area contributed by atoms with Gasteiger partial charge in [0.25, 0.3) is 0 Å². The van der Waals surface area contributed by atoms with E-state index in [4.69, 9.17) is 28.9 Å². The van der Waals surface area contributed by atoms with Gasteiger partial charge in [-0.1, -0.05) is 53.0 Å². The zero-order valence-electron chi connectivity index (χ0n) is 9.45. The van der Waals surface area contributed by atoms with Gasteiger partial charge < -0.3 is 5.73 Å². The third kappa shape index (κ3) is 3.01. The Morgan fingerprint density at radius 3 is 1.94 bits per heavy atom. The van der Waals surface area contributed by atoms with E-state index in [1.165, 1.54) is 5.56 Å². The minimum Gasteiger partial charge on any atom is -0.320 e. The summed E-state index contributed by atoms with van der Waals surface area (Å²) >= 11 is 11.9. The second-order valence-corrected chi connectivity index (χ2v) is 4.96. The van der Waals surface area contributed by atoms with Gasteiger partial charge in [-0.05, 0) is 36.2 Å². The number of benzene rings is 2. The fourth-order valence-corrected chi connectivity index (χ4v) is 2.26. The molecular weight excluding hydrogens is 253 g/mol. The van der Waals surface area contributed by atoms with E-state index in [2.05, 4.69) is 0 Å². The number of hydrogen-bond acceptors (Lipinski definition) is 1. The molecule has 0 spiro atoms. The highest BCUT2D eigenvalue weighted by Gasteiger charge is 2.10. The third-order valence-corrected chi connectivity index (χ3v) is 3.12. The second kappa shape index (κ2) is 5.09. The van der Waals surface area contributed by atoms with Gasteiger partial charge in [-0.15, -0.1) is 0 Å². The van der Waals surface area contributed by atoms with Crippen LogP contribution in [0.2, 0.25) is 10.0 Å². The first-order valence-corrected chi connectivity index (χ1v) is 6.10. The lowest BCUT2D eigenvalue weighted by Crippen LogP contribution is -2.11. The largest absolute Gasteiger partial charge is 0.320 e. The topological polar surface area (TPSA) is 26.0 Å². The zero-order chi connectivity index (χ0) is 12.4. The molecule has 1 nitrogen and oxygen atoms in total. The molecule has 2 rings (SSSR count). The van der Waals surface area contributed by atoms with Crippen molar-refractivity contribution in [1.82, 2.24) is 0 Å². The molecule has 0 aromatic heterocycles. The van der Waals surface area contributed by atoms with Crippen LogP contribution in [0.1, 0.15) is 22.7 Å². The molecular formula is C14H13Cl2N. The van der Waals surface area contributed by atoms with Crippen molar-refractivity contribution in [2.75, 3.05) is 0 Å². The predicted octanol–water partition coefficient (Wildman–Crippen LogP) is 4.35. The Bertz CT molecular complexity index is 500. The van der Waals surface area contributed by atoms with Crippen LogP contribution in [0, 0.1) is 6.92 Å². The first-order valence-electron chi connectivity index (χ1n) is 5.34. The Balaban J connectivity index is 2.36. The molecule has 0 fully saturated rings. The smallest absolute Gasteiger partial charge is 0.0552 e. The van der Waals surface area contributed by atoms with Crippen molar-refractivity contribution in [3.63, 3.8) is 0 Å². The van der Waals surface area contributed by atoms with Crippen LogP contribution < -0.4 is 5.73 Å². The minimum atomic E-state index is -0.202. The maximum Gasteiger partial charge on any atom is 0.0552 e. The van der Waals surface area contributed by atoms with Crippen LogP contribution in [-0.4, -0.2) is 0 Å². The lowest BCUT2D eigenvalue weighted by molar-refractivity contribution is 0.871. The molecule has 1 unspecified atom stereocenters. The molecule has 1 atom stereocenters. The highest BCUT2D eigenvalue weighted by molar-refractivity contribution is 6.34. The number of hydrogen-bond donors (Lipinski definition) is 1. The Morgan fingerprint density at radius 1 is 0.882 bits per heavy atom. The summed E-state index contributed by atoms with van der Waals surface area (Å²) in [6.07, 6.45) is 0. The van der Waals surface area contributed by atoms with Crippen molar-refractivity contribution in [1.29, 1.82) is 0 Å². The molecule has 0 saturated heterocycles. The number of nitrogens with two attached hydrogens (primary N) is 1. The molecule has 0 radical (unpaired) electrons. The van der Waals surface area contributed by atoms with Crippen molar-refractivity contribution in [3.8, 4) is 0 Å². The summed E-state index contributed by atoms with van der Waals surface area (Å²) < 4.78 is 0. The maximum atomic E-state index is 6.19. The highest BCUT2D eigenvalue weighted by Crippen LogP contribution is 2.26. The van der Waals surface area contributed by atoms with Crippen molar-refractivity contribution in [2.24, 2.45) is 5.73 Å². The lowest BCUT2D eigenvalue weighted by Gasteiger charge is -2.13. The van der Waals surface area contributed by atoms with Crippen LogP contribution >= 0.6 is 23.2 Å². The number of aryl methyl sites for hydroxylation is 1. The normalized spacial score (nSPS) is 12.5. The number of rotatable bonds is 2. The monoisotopic (exact) mass is 265 g/mol. The molecule has 2 aromatic carbocycles. The van der Waals surface area contributed by atoms with Gasteiger partial charge in [0.15, 0.2) is 0 Å². The van der Waals surface area contributed by atoms with Crippen LogP contribution in [0.5, 0.6) is 0 Å². The fraction of sp³-hybridized carbons (Fsp3) is 0.143. The quantitative estimate of drug-likeness (QED) is 0.859. The van der Waals surface area contributed by atoms with Gasteiger partial charge in [0.2, 0.25) is 0 Å². The van der Waals surface area contributed by atoms with Gasteiger partial charge in [0, 0.05) is 10.0 Å². The van der Waals surface area contributed by atoms with Gasteiger partial charge in [-0.25, -0.2) is 0 Å². The summed E-state index contributed by atoms with van der Waals surface area (Å²) in [7, 11) is 0. The lowest BCUT2D eigenvalue weighted by atomic mass is 9.99. The molecule has 0 heterocycles. The Kier molecular flexibility index (Phi) is 3.72. The van der Waals surface area contributed by atoms with Gasteiger partial charge >= 0.3 is 0 Å². The summed E-state index contributed by atoms with van der Waals surface area (Å²) in [5.41, 5.74) is 9.37. The molecule has 2 aromatic rings. The van der Waals surface area contributed by atoms with E-state index < -0.39 is 0 Å². The van der Waals surface area contributed by atoms with E-state index in [0.717, 1.165) is 11.1 Å². The first-order chi connectivity index (χ1) is 8.06. The average molecular weight is 266 g/mol. The second-order valence-electron chi connectivity index (χ2n) is 4.09. The molecule has 88 valence electrons. The van der Waals surface area contributed by atoms with Crippen molar-refractivity contribution in [3.05, 3.63) is 69.2 Å². The van der Waals surface area contributed by atoms with E-state index in [9.17, 15) is 0 Å². The van der Waals surface area contributed by atoms with E-state index in [1.54, 1.807) is 6.07 Å². The van der Waals surface area contributed by atoms with Gasteiger partial charge in [0.05, 0.1) is 6.04 Å². The Hall–Kier alpha value is -1.02. The summed E-state index contributed by atoms with van der Waals surface area (Å²) in [4.78, 5) is 0. The molecule has 0 aliphatic carbocycles. The highest BCUT2D eigenvalue weighted by atomic mass is 35.5. The van der Waals surface area contributed by atoms with Gasteiger partial charge in [-0.3, -0.25) is 0 Å². The van der Waals surface area contributed by atoms with E-state index in [0.29, 0.717) is 10.0 Å². The third-order valence-electron chi connectivity index (χ3n) is 2.68. The zero-order valence-corrected chi connectivity index (χ0v) is 11.0. The van der Waals surface area contributed by atoms with E-state index in [-0.39, 0.29) is 6.04 Å². The summed E-state index contributed by atoms with van der Waals surface area (Å²) in [6, 6.07) is 13.3. The van der Waals surface area contributed by atoms with E-state index in [1.807, 2.05) is 43.3 Å². The Labute approximate surface area is 111 Å². The van der Waals surface area contributed by atoms with Gasteiger partial charge in [-0.2, -0.15) is 0 Å². The summed E-state index contributed by atoms with van der Waals surface area (Å²) in [6.45, 7) is 2.05. The van der Waals surface area contributed by atoms with Gasteiger partial charge in [0.1, 0.15) is 0 Å². The molecule has 0 amide bonds. The summed E-state index contributed by atoms with van der Waals surface area (Å²) in [5.74, 6) is 0. The molecule has 0 aliphatic rings. The fourth-order valence-electron chi connectivity index (χ4n) is 1.72. The molecule has 17 heavy (non-hydrogen) atoms. The van der Waals surface area contributed by atoms with Crippen molar-refractivity contribution in [2.45, 2.75) is 13.0 Å². The Morgan fingerprint density at radius 2 is 1.41 bits per heavy atom. The minimum absolute atomic E-state index is 0.202. The molecule has 3 heteroatoms. The first kappa shape index (κ1) is 12.4.